The Morgan fingerprint density at radius 1 is 1.40 bits per heavy atom. The van der Waals surface area contributed by atoms with Crippen molar-refractivity contribution in [1.82, 2.24) is 9.88 Å². The number of nitro groups is 1. The summed E-state index contributed by atoms with van der Waals surface area (Å²) in [6.45, 7) is 2.87. The summed E-state index contributed by atoms with van der Waals surface area (Å²) in [5.74, 6) is 0. The van der Waals surface area contributed by atoms with Gasteiger partial charge in [0, 0.05) is 35.9 Å². The first-order valence-electron chi connectivity index (χ1n) is 6.43. The van der Waals surface area contributed by atoms with Crippen molar-refractivity contribution in [2.24, 2.45) is 0 Å². The summed E-state index contributed by atoms with van der Waals surface area (Å²) in [4.78, 5) is 16.9. The Bertz CT molecular complexity index is 628. The molecule has 0 fully saturated rings. The number of non-ortho nitro benzene ring substituents is 1. The summed E-state index contributed by atoms with van der Waals surface area (Å²) in [6, 6.07) is 7.20. The predicted molar refractivity (Wildman–Crippen MR) is 80.0 cm³/mol. The molecule has 1 unspecified atom stereocenters. The van der Waals surface area contributed by atoms with E-state index >= 15 is 0 Å². The third-order valence-electron chi connectivity index (χ3n) is 3.42. The van der Waals surface area contributed by atoms with Crippen LogP contribution in [0.5, 0.6) is 0 Å². The minimum atomic E-state index is -0.401. The number of likely N-dealkylation sites (N-methyl/N-ethyl adjacent to an activating group) is 1. The van der Waals surface area contributed by atoms with Crippen LogP contribution in [0.1, 0.15) is 6.92 Å². The number of anilines is 1. The standard InChI is InChI=1S/C14H18N4O2/c1-10(17(2)3)9-16-12-7-8-15-14-11(12)5-4-6-13(14)18(19)20/h4-8,10H,9H2,1-3H3,(H,15,16). The van der Waals surface area contributed by atoms with Gasteiger partial charge in [-0.2, -0.15) is 0 Å². The Kier molecular flexibility index (Phi) is 4.14. The van der Waals surface area contributed by atoms with Gasteiger partial charge in [0.1, 0.15) is 5.52 Å². The van der Waals surface area contributed by atoms with E-state index in [0.29, 0.717) is 11.6 Å². The summed E-state index contributed by atoms with van der Waals surface area (Å²) in [5.41, 5.74) is 1.32. The molecule has 106 valence electrons. The second-order valence-corrected chi connectivity index (χ2v) is 4.98. The molecule has 0 bridgehead atoms. The highest BCUT2D eigenvalue weighted by atomic mass is 16.6. The van der Waals surface area contributed by atoms with Crippen molar-refractivity contribution in [1.29, 1.82) is 0 Å². The fourth-order valence-electron chi connectivity index (χ4n) is 1.90. The van der Waals surface area contributed by atoms with Gasteiger partial charge >= 0.3 is 0 Å². The number of pyridine rings is 1. The lowest BCUT2D eigenvalue weighted by Crippen LogP contribution is -2.31. The van der Waals surface area contributed by atoms with Crippen LogP contribution >= 0.6 is 0 Å². The lowest BCUT2D eigenvalue weighted by molar-refractivity contribution is -0.383. The van der Waals surface area contributed by atoms with Crippen LogP contribution in [0.15, 0.2) is 30.5 Å². The zero-order valence-electron chi connectivity index (χ0n) is 11.8. The van der Waals surface area contributed by atoms with E-state index in [4.69, 9.17) is 0 Å². The van der Waals surface area contributed by atoms with Gasteiger partial charge in [-0.3, -0.25) is 10.1 Å². The molecule has 2 rings (SSSR count). The normalized spacial score (nSPS) is 12.6. The van der Waals surface area contributed by atoms with Crippen LogP contribution in [0.4, 0.5) is 11.4 Å². The fourth-order valence-corrected chi connectivity index (χ4v) is 1.90. The number of hydrogen-bond acceptors (Lipinski definition) is 5. The molecule has 0 saturated heterocycles. The first-order chi connectivity index (χ1) is 9.50. The van der Waals surface area contributed by atoms with E-state index in [1.54, 1.807) is 12.3 Å². The maximum atomic E-state index is 11.0. The molecule has 0 aliphatic carbocycles. The molecule has 2 aromatic rings. The third-order valence-corrected chi connectivity index (χ3v) is 3.42. The number of aromatic nitrogens is 1. The molecule has 1 N–H and O–H groups in total. The van der Waals surface area contributed by atoms with Crippen molar-refractivity contribution in [3.63, 3.8) is 0 Å². The van der Waals surface area contributed by atoms with E-state index < -0.39 is 4.92 Å². The maximum absolute atomic E-state index is 11.0. The first-order valence-corrected chi connectivity index (χ1v) is 6.43. The van der Waals surface area contributed by atoms with Crippen LogP contribution in [0.25, 0.3) is 10.9 Å². The van der Waals surface area contributed by atoms with E-state index in [1.807, 2.05) is 26.2 Å². The van der Waals surface area contributed by atoms with Crippen LogP contribution in [-0.2, 0) is 0 Å². The quantitative estimate of drug-likeness (QED) is 0.670. The molecule has 0 radical (unpaired) electrons. The second-order valence-electron chi connectivity index (χ2n) is 4.98. The Hall–Kier alpha value is -2.21. The molecule has 1 heterocycles. The van der Waals surface area contributed by atoms with Crippen LogP contribution < -0.4 is 5.32 Å². The highest BCUT2D eigenvalue weighted by Gasteiger charge is 2.14. The van der Waals surface area contributed by atoms with E-state index in [9.17, 15) is 10.1 Å². The number of rotatable bonds is 5. The van der Waals surface area contributed by atoms with Crippen molar-refractivity contribution in [2.75, 3.05) is 26.0 Å². The summed E-state index contributed by atoms with van der Waals surface area (Å²) in [5, 5.41) is 15.1. The Morgan fingerprint density at radius 3 is 2.80 bits per heavy atom. The van der Waals surface area contributed by atoms with Gasteiger partial charge in [0.25, 0.3) is 5.69 Å². The fraction of sp³-hybridized carbons (Fsp3) is 0.357. The molecule has 1 atom stereocenters. The van der Waals surface area contributed by atoms with Gasteiger partial charge in [-0.1, -0.05) is 12.1 Å². The summed E-state index contributed by atoms with van der Waals surface area (Å²) in [7, 11) is 4.03. The van der Waals surface area contributed by atoms with Gasteiger partial charge in [-0.05, 0) is 27.1 Å². The zero-order valence-corrected chi connectivity index (χ0v) is 11.8. The predicted octanol–water partition coefficient (Wildman–Crippen LogP) is 2.51. The molecule has 0 spiro atoms. The van der Waals surface area contributed by atoms with E-state index in [-0.39, 0.29) is 5.69 Å². The number of fused-ring (bicyclic) bond motifs is 1. The Morgan fingerprint density at radius 2 is 2.15 bits per heavy atom. The molecule has 1 aromatic heterocycles. The molecule has 0 saturated carbocycles. The summed E-state index contributed by atoms with van der Waals surface area (Å²) < 4.78 is 0. The van der Waals surface area contributed by atoms with Gasteiger partial charge in [0.15, 0.2) is 0 Å². The topological polar surface area (TPSA) is 71.3 Å². The van der Waals surface area contributed by atoms with Gasteiger partial charge in [-0.15, -0.1) is 0 Å². The number of nitrogens with zero attached hydrogens (tertiary/aromatic N) is 3. The van der Waals surface area contributed by atoms with Crippen molar-refractivity contribution in [2.45, 2.75) is 13.0 Å². The van der Waals surface area contributed by atoms with Crippen LogP contribution in [0, 0.1) is 10.1 Å². The van der Waals surface area contributed by atoms with Crippen LogP contribution in [0.3, 0.4) is 0 Å². The SMILES string of the molecule is CC(CNc1ccnc2c([N+](=O)[O-])cccc12)N(C)C. The summed E-state index contributed by atoms with van der Waals surface area (Å²) >= 11 is 0. The lowest BCUT2D eigenvalue weighted by Gasteiger charge is -2.21. The van der Waals surface area contributed by atoms with E-state index in [2.05, 4.69) is 22.1 Å². The zero-order chi connectivity index (χ0) is 14.7. The number of nitrogens with one attached hydrogen (secondary N) is 1. The van der Waals surface area contributed by atoms with Gasteiger partial charge in [0.2, 0.25) is 0 Å². The Labute approximate surface area is 117 Å². The number of hydrogen-bond donors (Lipinski definition) is 1. The largest absolute Gasteiger partial charge is 0.383 e. The average Bonchev–Trinajstić information content (AvgIpc) is 2.43. The molecule has 20 heavy (non-hydrogen) atoms. The number of nitro benzene ring substituents is 1. The first kappa shape index (κ1) is 14.2. The number of benzene rings is 1. The smallest absolute Gasteiger partial charge is 0.295 e. The van der Waals surface area contributed by atoms with Gasteiger partial charge < -0.3 is 10.2 Å². The molecule has 0 aliphatic rings. The third kappa shape index (κ3) is 2.85. The van der Waals surface area contributed by atoms with E-state index in [1.165, 1.54) is 6.07 Å². The van der Waals surface area contributed by atoms with Crippen molar-refractivity contribution < 1.29 is 4.92 Å². The minimum Gasteiger partial charge on any atom is -0.383 e. The van der Waals surface area contributed by atoms with Crippen molar-refractivity contribution in [3.8, 4) is 0 Å². The summed E-state index contributed by atoms with van der Waals surface area (Å²) in [6.07, 6.45) is 1.60. The molecule has 6 nitrogen and oxygen atoms in total. The minimum absolute atomic E-state index is 0.0341. The highest BCUT2D eigenvalue weighted by Crippen LogP contribution is 2.28. The monoisotopic (exact) mass is 274 g/mol. The van der Waals surface area contributed by atoms with Crippen molar-refractivity contribution >= 4 is 22.3 Å². The molecular weight excluding hydrogens is 256 g/mol. The van der Waals surface area contributed by atoms with Crippen molar-refractivity contribution in [3.05, 3.63) is 40.6 Å². The maximum Gasteiger partial charge on any atom is 0.295 e. The molecule has 6 heteroatoms. The number of para-hydroxylation sites is 1. The van der Waals surface area contributed by atoms with E-state index in [0.717, 1.165) is 17.6 Å². The molecule has 1 aromatic carbocycles. The second kappa shape index (κ2) is 5.83. The molecule has 0 aliphatic heterocycles. The van der Waals surface area contributed by atoms with Gasteiger partial charge in [-0.25, -0.2) is 4.98 Å². The highest BCUT2D eigenvalue weighted by molar-refractivity contribution is 5.96. The van der Waals surface area contributed by atoms with Gasteiger partial charge in [0.05, 0.1) is 4.92 Å². The molecular formula is C14H18N4O2. The van der Waals surface area contributed by atoms with Crippen LogP contribution in [-0.4, -0.2) is 41.5 Å². The average molecular weight is 274 g/mol. The lowest BCUT2D eigenvalue weighted by atomic mass is 10.1. The molecule has 0 amide bonds. The Balaban J connectivity index is 2.35. The van der Waals surface area contributed by atoms with Crippen LogP contribution in [0.2, 0.25) is 0 Å².